The van der Waals surface area contributed by atoms with Crippen molar-refractivity contribution in [2.24, 2.45) is 0 Å². The largest absolute Gasteiger partial charge is 0.480 e. The van der Waals surface area contributed by atoms with Crippen LogP contribution in [0.3, 0.4) is 0 Å². The smallest absolute Gasteiger partial charge is 0.326 e. The van der Waals surface area contributed by atoms with Gasteiger partial charge in [0.1, 0.15) is 6.04 Å². The number of rotatable bonds is 4. The van der Waals surface area contributed by atoms with E-state index in [1.54, 1.807) is 0 Å². The van der Waals surface area contributed by atoms with Crippen molar-refractivity contribution >= 4 is 27.6 Å². The second-order valence-corrected chi connectivity index (χ2v) is 6.69. The molecule has 2 rings (SSSR count). The minimum absolute atomic E-state index is 0.335. The van der Waals surface area contributed by atoms with Crippen molar-refractivity contribution < 1.29 is 23.1 Å². The molecule has 21 heavy (non-hydrogen) atoms. The zero-order valence-electron chi connectivity index (χ0n) is 11.4. The summed E-state index contributed by atoms with van der Waals surface area (Å²) in [5, 5.41) is 9.08. The summed E-state index contributed by atoms with van der Waals surface area (Å²) in [5.74, 6) is -1.36. The highest BCUT2D eigenvalue weighted by atomic mass is 32.2. The monoisotopic (exact) mass is 312 g/mol. The number of nitrogens with one attached hydrogen (secondary N) is 1. The van der Waals surface area contributed by atoms with Gasteiger partial charge in [-0.1, -0.05) is 0 Å². The van der Waals surface area contributed by atoms with Gasteiger partial charge in [-0.2, -0.15) is 0 Å². The van der Waals surface area contributed by atoms with E-state index in [4.69, 9.17) is 5.11 Å². The minimum Gasteiger partial charge on any atom is -0.480 e. The van der Waals surface area contributed by atoms with Gasteiger partial charge in [0.15, 0.2) is 0 Å². The Balaban J connectivity index is 2.15. The van der Waals surface area contributed by atoms with Gasteiger partial charge in [-0.05, 0) is 37.1 Å². The molecule has 1 amide bonds. The Kier molecular flexibility index (Phi) is 4.17. The van der Waals surface area contributed by atoms with E-state index in [1.165, 1.54) is 29.2 Å². The summed E-state index contributed by atoms with van der Waals surface area (Å²) in [5.41, 5.74) is 0.687. The first-order chi connectivity index (χ1) is 9.78. The molecule has 2 N–H and O–H groups in total. The summed E-state index contributed by atoms with van der Waals surface area (Å²) in [6, 6.07) is 5.12. The first-order valence-corrected chi connectivity index (χ1v) is 8.29. The summed E-state index contributed by atoms with van der Waals surface area (Å²) in [7, 11) is -3.37. The maximum atomic E-state index is 12.3. The summed E-state index contributed by atoms with van der Waals surface area (Å²) in [4.78, 5) is 24.7. The second-order valence-electron chi connectivity index (χ2n) is 4.95. The minimum atomic E-state index is -3.37. The summed E-state index contributed by atoms with van der Waals surface area (Å²) in [6.45, 7) is 0.416. The number of anilines is 1. The van der Waals surface area contributed by atoms with Crippen molar-refractivity contribution in [1.29, 1.82) is 0 Å². The molecule has 1 aliphatic heterocycles. The number of carbonyl (C=O) groups excluding carboxylic acids is 1. The molecule has 8 heteroatoms. The zero-order chi connectivity index (χ0) is 15.6. The van der Waals surface area contributed by atoms with Gasteiger partial charge in [0, 0.05) is 17.8 Å². The van der Waals surface area contributed by atoms with Crippen LogP contribution >= 0.6 is 0 Å². The lowest BCUT2D eigenvalue weighted by Gasteiger charge is -2.21. The number of carboxylic acids is 1. The van der Waals surface area contributed by atoms with E-state index in [0.29, 0.717) is 30.6 Å². The second kappa shape index (κ2) is 5.72. The van der Waals surface area contributed by atoms with E-state index in [-0.39, 0.29) is 5.91 Å². The third kappa shape index (κ3) is 3.72. The fourth-order valence-corrected chi connectivity index (χ4v) is 2.89. The molecule has 1 aromatic carbocycles. The molecule has 7 nitrogen and oxygen atoms in total. The maximum absolute atomic E-state index is 12.3. The van der Waals surface area contributed by atoms with Gasteiger partial charge in [0.2, 0.25) is 10.0 Å². The van der Waals surface area contributed by atoms with Gasteiger partial charge in [-0.25, -0.2) is 13.2 Å². The van der Waals surface area contributed by atoms with Crippen LogP contribution in [0.1, 0.15) is 23.2 Å². The predicted molar refractivity (Wildman–Crippen MR) is 76.6 cm³/mol. The molecule has 114 valence electrons. The van der Waals surface area contributed by atoms with Crippen molar-refractivity contribution in [3.8, 4) is 0 Å². The van der Waals surface area contributed by atoms with Gasteiger partial charge in [-0.3, -0.25) is 9.52 Å². The maximum Gasteiger partial charge on any atom is 0.326 e. The molecule has 1 atom stereocenters. The molecule has 0 aromatic heterocycles. The van der Waals surface area contributed by atoms with Crippen LogP contribution in [0.25, 0.3) is 0 Å². The van der Waals surface area contributed by atoms with Crippen LogP contribution < -0.4 is 4.72 Å². The predicted octanol–water partition coefficient (Wildman–Crippen LogP) is 0.747. The average molecular weight is 312 g/mol. The number of benzene rings is 1. The lowest BCUT2D eigenvalue weighted by atomic mass is 10.1. The van der Waals surface area contributed by atoms with E-state index in [1.807, 2.05) is 0 Å². The Labute approximate surface area is 122 Å². The van der Waals surface area contributed by atoms with Crippen molar-refractivity contribution in [2.75, 3.05) is 17.5 Å². The topological polar surface area (TPSA) is 104 Å². The molecular weight excluding hydrogens is 296 g/mol. The Morgan fingerprint density at radius 3 is 2.43 bits per heavy atom. The highest BCUT2D eigenvalue weighted by Crippen LogP contribution is 2.21. The van der Waals surface area contributed by atoms with Crippen molar-refractivity contribution in [3.05, 3.63) is 29.8 Å². The molecule has 1 fully saturated rings. The third-order valence-corrected chi connectivity index (χ3v) is 3.84. The van der Waals surface area contributed by atoms with E-state index in [9.17, 15) is 18.0 Å². The Bertz CT molecular complexity index is 654. The summed E-state index contributed by atoms with van der Waals surface area (Å²) >= 11 is 0. The SMILES string of the molecule is CS(=O)(=O)Nc1ccc(C(=O)N2CCCC2C(=O)O)cc1. The fraction of sp³-hybridized carbons (Fsp3) is 0.385. The Morgan fingerprint density at radius 1 is 1.29 bits per heavy atom. The van der Waals surface area contributed by atoms with Crippen LogP contribution in [0.15, 0.2) is 24.3 Å². The molecule has 1 aliphatic rings. The van der Waals surface area contributed by atoms with E-state index in [2.05, 4.69) is 4.72 Å². The number of hydrogen-bond donors (Lipinski definition) is 2. The highest BCUT2D eigenvalue weighted by molar-refractivity contribution is 7.92. The molecule has 0 aliphatic carbocycles. The van der Waals surface area contributed by atoms with E-state index >= 15 is 0 Å². The normalized spacial score (nSPS) is 18.5. The summed E-state index contributed by atoms with van der Waals surface area (Å²) in [6.07, 6.45) is 2.15. The third-order valence-electron chi connectivity index (χ3n) is 3.23. The zero-order valence-corrected chi connectivity index (χ0v) is 12.3. The van der Waals surface area contributed by atoms with E-state index in [0.717, 1.165) is 6.26 Å². The first-order valence-electron chi connectivity index (χ1n) is 6.39. The number of carboxylic acid groups (broad SMARTS) is 1. The average Bonchev–Trinajstić information content (AvgIpc) is 2.86. The summed E-state index contributed by atoms with van der Waals surface area (Å²) < 4.78 is 24.5. The number of aliphatic carboxylic acids is 1. The molecular formula is C13H16N2O5S. The molecule has 0 spiro atoms. The Hall–Kier alpha value is -2.09. The van der Waals surface area contributed by atoms with Crippen LogP contribution in [0, 0.1) is 0 Å². The lowest BCUT2D eigenvalue weighted by molar-refractivity contribution is -0.141. The van der Waals surface area contributed by atoms with Crippen LogP contribution in [-0.4, -0.2) is 49.1 Å². The molecule has 1 heterocycles. The lowest BCUT2D eigenvalue weighted by Crippen LogP contribution is -2.40. The van der Waals surface area contributed by atoms with Gasteiger partial charge in [0.25, 0.3) is 5.91 Å². The molecule has 0 bridgehead atoms. The Morgan fingerprint density at radius 2 is 1.90 bits per heavy atom. The van der Waals surface area contributed by atoms with Crippen LogP contribution in [-0.2, 0) is 14.8 Å². The number of amides is 1. The number of carbonyl (C=O) groups is 2. The van der Waals surface area contributed by atoms with E-state index < -0.39 is 22.0 Å². The van der Waals surface area contributed by atoms with Crippen molar-refractivity contribution in [3.63, 3.8) is 0 Å². The highest BCUT2D eigenvalue weighted by Gasteiger charge is 2.34. The number of likely N-dealkylation sites (tertiary alicyclic amines) is 1. The standard InChI is InChI=1S/C13H16N2O5S/c1-21(19,20)14-10-6-4-9(5-7-10)12(16)15-8-2-3-11(15)13(17)18/h4-7,11,14H,2-3,8H2,1H3,(H,17,18). The first kappa shape index (κ1) is 15.3. The van der Waals surface area contributed by atoms with Crippen LogP contribution in [0.2, 0.25) is 0 Å². The fourth-order valence-electron chi connectivity index (χ4n) is 2.33. The molecule has 0 saturated carbocycles. The van der Waals surface area contributed by atoms with Gasteiger partial charge in [-0.15, -0.1) is 0 Å². The number of hydrogen-bond acceptors (Lipinski definition) is 4. The van der Waals surface area contributed by atoms with Crippen molar-refractivity contribution in [1.82, 2.24) is 4.90 Å². The van der Waals surface area contributed by atoms with Gasteiger partial charge >= 0.3 is 5.97 Å². The number of sulfonamides is 1. The molecule has 0 radical (unpaired) electrons. The molecule has 1 aromatic rings. The quantitative estimate of drug-likeness (QED) is 0.853. The van der Waals surface area contributed by atoms with Crippen LogP contribution in [0.5, 0.6) is 0 Å². The van der Waals surface area contributed by atoms with Gasteiger partial charge < -0.3 is 10.0 Å². The molecule has 1 unspecified atom stereocenters. The van der Waals surface area contributed by atoms with Crippen LogP contribution in [0.4, 0.5) is 5.69 Å². The van der Waals surface area contributed by atoms with Gasteiger partial charge in [0.05, 0.1) is 6.26 Å². The molecule has 1 saturated heterocycles. The van der Waals surface area contributed by atoms with Crippen molar-refractivity contribution in [2.45, 2.75) is 18.9 Å². The number of nitrogens with zero attached hydrogens (tertiary/aromatic N) is 1.